The molecule has 112 valence electrons. The third-order valence-electron chi connectivity index (χ3n) is 3.38. The molecule has 0 saturated heterocycles. The van der Waals surface area contributed by atoms with Crippen molar-refractivity contribution in [3.63, 3.8) is 0 Å². The molecule has 0 spiro atoms. The third kappa shape index (κ3) is 4.02. The van der Waals surface area contributed by atoms with Gasteiger partial charge in [-0.25, -0.2) is 0 Å². The quantitative estimate of drug-likeness (QED) is 0.760. The Morgan fingerprint density at radius 1 is 1.05 bits per heavy atom. The van der Waals surface area contributed by atoms with Crippen LogP contribution in [0, 0.1) is 0 Å². The standard InChI is InChI=1S/C18H23NOS/c1-4-19-18(16-8-6-7-9-17(16)21-3)14-10-12-15(13-11-14)20-5-2/h6-13,18-19H,4-5H2,1-3H3. The van der Waals surface area contributed by atoms with Crippen molar-refractivity contribution in [2.75, 3.05) is 19.4 Å². The van der Waals surface area contributed by atoms with Crippen LogP contribution in [0.2, 0.25) is 0 Å². The number of ether oxygens (including phenoxy) is 1. The first kappa shape index (κ1) is 15.9. The molecule has 1 unspecified atom stereocenters. The SMILES string of the molecule is CCNC(c1ccc(OCC)cc1)c1ccccc1SC. The van der Waals surface area contributed by atoms with E-state index >= 15 is 0 Å². The summed E-state index contributed by atoms with van der Waals surface area (Å²) in [6, 6.07) is 17.2. The van der Waals surface area contributed by atoms with Crippen LogP contribution in [0.25, 0.3) is 0 Å². The van der Waals surface area contributed by atoms with Crippen molar-refractivity contribution < 1.29 is 4.74 Å². The minimum Gasteiger partial charge on any atom is -0.494 e. The van der Waals surface area contributed by atoms with Gasteiger partial charge in [-0.2, -0.15) is 0 Å². The van der Waals surface area contributed by atoms with Gasteiger partial charge in [0.1, 0.15) is 5.75 Å². The molecule has 0 saturated carbocycles. The highest BCUT2D eigenvalue weighted by molar-refractivity contribution is 7.98. The van der Waals surface area contributed by atoms with Gasteiger partial charge in [0.25, 0.3) is 0 Å². The van der Waals surface area contributed by atoms with Crippen LogP contribution in [0.1, 0.15) is 31.0 Å². The van der Waals surface area contributed by atoms with E-state index in [9.17, 15) is 0 Å². The number of nitrogens with one attached hydrogen (secondary N) is 1. The van der Waals surface area contributed by atoms with Gasteiger partial charge in [0.05, 0.1) is 12.6 Å². The van der Waals surface area contributed by atoms with Gasteiger partial charge in [0.2, 0.25) is 0 Å². The summed E-state index contributed by atoms with van der Waals surface area (Å²) < 4.78 is 5.53. The second-order valence-electron chi connectivity index (χ2n) is 4.73. The summed E-state index contributed by atoms with van der Waals surface area (Å²) in [6.07, 6.45) is 2.13. The van der Waals surface area contributed by atoms with E-state index in [0.29, 0.717) is 6.61 Å². The molecule has 2 aromatic rings. The largest absolute Gasteiger partial charge is 0.494 e. The lowest BCUT2D eigenvalue weighted by Gasteiger charge is -2.21. The predicted octanol–water partition coefficient (Wildman–Crippen LogP) is 4.51. The van der Waals surface area contributed by atoms with Crippen LogP contribution < -0.4 is 10.1 Å². The fourth-order valence-electron chi connectivity index (χ4n) is 2.44. The van der Waals surface area contributed by atoms with Gasteiger partial charge in [-0.1, -0.05) is 37.3 Å². The van der Waals surface area contributed by atoms with E-state index in [1.807, 2.05) is 19.1 Å². The summed E-state index contributed by atoms with van der Waals surface area (Å²) in [5.74, 6) is 0.926. The fraction of sp³-hybridized carbons (Fsp3) is 0.333. The van der Waals surface area contributed by atoms with Crippen LogP contribution in [0.15, 0.2) is 53.4 Å². The molecular weight excluding hydrogens is 278 g/mol. The van der Waals surface area contributed by atoms with Gasteiger partial charge in [0, 0.05) is 4.90 Å². The van der Waals surface area contributed by atoms with E-state index in [1.165, 1.54) is 16.0 Å². The number of rotatable bonds is 7. The summed E-state index contributed by atoms with van der Waals surface area (Å²) in [5.41, 5.74) is 2.60. The van der Waals surface area contributed by atoms with Crippen LogP contribution in [0.5, 0.6) is 5.75 Å². The highest BCUT2D eigenvalue weighted by Crippen LogP contribution is 2.30. The molecule has 3 heteroatoms. The highest BCUT2D eigenvalue weighted by atomic mass is 32.2. The average molecular weight is 301 g/mol. The van der Waals surface area contributed by atoms with E-state index < -0.39 is 0 Å². The number of hydrogen-bond donors (Lipinski definition) is 1. The zero-order chi connectivity index (χ0) is 15.1. The average Bonchev–Trinajstić information content (AvgIpc) is 2.54. The second-order valence-corrected chi connectivity index (χ2v) is 5.58. The minimum atomic E-state index is 0.217. The highest BCUT2D eigenvalue weighted by Gasteiger charge is 2.16. The van der Waals surface area contributed by atoms with Crippen LogP contribution in [-0.4, -0.2) is 19.4 Å². The molecule has 0 aromatic heterocycles. The molecule has 0 fully saturated rings. The maximum absolute atomic E-state index is 5.53. The van der Waals surface area contributed by atoms with Crippen LogP contribution in [0.4, 0.5) is 0 Å². The van der Waals surface area contributed by atoms with Crippen molar-refractivity contribution in [3.8, 4) is 5.75 Å². The van der Waals surface area contributed by atoms with Crippen molar-refractivity contribution >= 4 is 11.8 Å². The molecule has 2 aromatic carbocycles. The third-order valence-corrected chi connectivity index (χ3v) is 4.19. The van der Waals surface area contributed by atoms with E-state index in [2.05, 4.69) is 54.9 Å². The second kappa shape index (κ2) is 8.11. The van der Waals surface area contributed by atoms with Crippen molar-refractivity contribution in [1.82, 2.24) is 5.32 Å². The van der Waals surface area contributed by atoms with E-state index in [1.54, 1.807) is 11.8 Å². The number of hydrogen-bond acceptors (Lipinski definition) is 3. The van der Waals surface area contributed by atoms with Gasteiger partial charge in [-0.3, -0.25) is 0 Å². The molecule has 0 bridgehead atoms. The first-order valence-corrected chi connectivity index (χ1v) is 8.61. The molecule has 0 radical (unpaired) electrons. The Bertz CT molecular complexity index is 553. The molecule has 0 aliphatic heterocycles. The molecule has 0 amide bonds. The van der Waals surface area contributed by atoms with Gasteiger partial charge in [-0.05, 0) is 49.1 Å². The Labute approximate surface area is 131 Å². The normalized spacial score (nSPS) is 12.1. The van der Waals surface area contributed by atoms with Crippen molar-refractivity contribution in [3.05, 3.63) is 59.7 Å². The molecule has 2 nitrogen and oxygen atoms in total. The first-order valence-electron chi connectivity index (χ1n) is 7.39. The van der Waals surface area contributed by atoms with Gasteiger partial charge < -0.3 is 10.1 Å². The maximum Gasteiger partial charge on any atom is 0.119 e. The monoisotopic (exact) mass is 301 g/mol. The Morgan fingerprint density at radius 2 is 1.76 bits per heavy atom. The van der Waals surface area contributed by atoms with Gasteiger partial charge in [-0.15, -0.1) is 11.8 Å². The Hall–Kier alpha value is -1.45. The van der Waals surface area contributed by atoms with E-state index in [0.717, 1.165) is 12.3 Å². The molecule has 21 heavy (non-hydrogen) atoms. The van der Waals surface area contributed by atoms with Gasteiger partial charge >= 0.3 is 0 Å². The summed E-state index contributed by atoms with van der Waals surface area (Å²) in [4.78, 5) is 1.32. The Balaban J connectivity index is 2.33. The smallest absolute Gasteiger partial charge is 0.119 e. The molecule has 1 N–H and O–H groups in total. The first-order chi connectivity index (χ1) is 10.3. The number of benzene rings is 2. The van der Waals surface area contributed by atoms with Crippen LogP contribution in [0.3, 0.4) is 0 Å². The lowest BCUT2D eigenvalue weighted by atomic mass is 9.98. The minimum absolute atomic E-state index is 0.217. The Morgan fingerprint density at radius 3 is 2.38 bits per heavy atom. The molecule has 1 atom stereocenters. The molecule has 0 heterocycles. The molecule has 0 aliphatic rings. The summed E-state index contributed by atoms with van der Waals surface area (Å²) in [5, 5.41) is 3.59. The van der Waals surface area contributed by atoms with Crippen LogP contribution in [-0.2, 0) is 0 Å². The lowest BCUT2D eigenvalue weighted by molar-refractivity contribution is 0.340. The topological polar surface area (TPSA) is 21.3 Å². The van der Waals surface area contributed by atoms with Crippen LogP contribution >= 0.6 is 11.8 Å². The Kier molecular flexibility index (Phi) is 6.15. The van der Waals surface area contributed by atoms with Crippen molar-refractivity contribution in [2.45, 2.75) is 24.8 Å². The summed E-state index contributed by atoms with van der Waals surface area (Å²) in [7, 11) is 0. The van der Waals surface area contributed by atoms with Crippen molar-refractivity contribution in [1.29, 1.82) is 0 Å². The summed E-state index contributed by atoms with van der Waals surface area (Å²) >= 11 is 1.79. The summed E-state index contributed by atoms with van der Waals surface area (Å²) in [6.45, 7) is 5.78. The predicted molar refractivity (Wildman–Crippen MR) is 91.4 cm³/mol. The van der Waals surface area contributed by atoms with Crippen molar-refractivity contribution in [2.24, 2.45) is 0 Å². The molecule has 2 rings (SSSR count). The zero-order valence-corrected chi connectivity index (χ0v) is 13.7. The zero-order valence-electron chi connectivity index (χ0n) is 12.9. The maximum atomic E-state index is 5.53. The van der Waals surface area contributed by atoms with E-state index in [-0.39, 0.29) is 6.04 Å². The van der Waals surface area contributed by atoms with Gasteiger partial charge in [0.15, 0.2) is 0 Å². The fourth-order valence-corrected chi connectivity index (χ4v) is 3.08. The molecular formula is C18H23NOS. The number of thioether (sulfide) groups is 1. The molecule has 0 aliphatic carbocycles. The lowest BCUT2D eigenvalue weighted by Crippen LogP contribution is -2.22. The van der Waals surface area contributed by atoms with E-state index in [4.69, 9.17) is 4.74 Å².